The molecule has 1 amide bonds. The van der Waals surface area contributed by atoms with Crippen molar-refractivity contribution in [2.24, 2.45) is 13.0 Å². The van der Waals surface area contributed by atoms with E-state index in [0.29, 0.717) is 18.6 Å². The summed E-state index contributed by atoms with van der Waals surface area (Å²) in [6.45, 7) is 3.57. The Morgan fingerprint density at radius 3 is 2.68 bits per heavy atom. The van der Waals surface area contributed by atoms with E-state index in [0.717, 1.165) is 31.6 Å². The first kappa shape index (κ1) is 23.2. The van der Waals surface area contributed by atoms with Gasteiger partial charge in [0, 0.05) is 61.8 Å². The third-order valence-electron chi connectivity index (χ3n) is 5.07. The molecule has 4 rings (SSSR count). The number of aliphatic carboxylic acids is 1. The topological polar surface area (TPSA) is 96.7 Å². The molecule has 2 aromatic heterocycles. The number of carboxylic acid groups (broad SMARTS) is 1. The molecule has 0 saturated carbocycles. The lowest BCUT2D eigenvalue weighted by Crippen LogP contribution is -2.33. The highest BCUT2D eigenvalue weighted by Crippen LogP contribution is 2.33. The minimum atomic E-state index is -5.08. The summed E-state index contributed by atoms with van der Waals surface area (Å²) in [5, 5.41) is 18.1. The number of amides is 1. The minimum absolute atomic E-state index is 0.00452. The average molecular weight is 460 g/mol. The molecule has 2 N–H and O–H groups in total. The van der Waals surface area contributed by atoms with Gasteiger partial charge in [0.1, 0.15) is 0 Å². The quantitative estimate of drug-likeness (QED) is 0.710. The number of thiophene rings is 1. The number of carbonyl (C=O) groups excluding carboxylic acids is 1. The Morgan fingerprint density at radius 1 is 1.39 bits per heavy atom. The number of nitrogens with zero attached hydrogens (tertiary/aromatic N) is 3. The largest absolute Gasteiger partial charge is 0.490 e. The maximum Gasteiger partial charge on any atom is 0.490 e. The fraction of sp³-hybridized carbons (Fsp3) is 0.526. The van der Waals surface area contributed by atoms with Gasteiger partial charge in [-0.15, -0.1) is 0 Å². The number of hydrogen-bond donors (Lipinski definition) is 2. The Kier molecular flexibility index (Phi) is 7.34. The van der Waals surface area contributed by atoms with Crippen LogP contribution in [0.4, 0.5) is 13.2 Å². The van der Waals surface area contributed by atoms with Crippen molar-refractivity contribution in [3.8, 4) is 0 Å². The van der Waals surface area contributed by atoms with Crippen molar-refractivity contribution < 1.29 is 32.6 Å². The number of hydrogen-bond acceptors (Lipinski definition) is 6. The van der Waals surface area contributed by atoms with Crippen molar-refractivity contribution in [1.29, 1.82) is 0 Å². The number of carboxylic acids is 1. The summed E-state index contributed by atoms with van der Waals surface area (Å²) < 4.78 is 39.7. The predicted octanol–water partition coefficient (Wildman–Crippen LogP) is 2.13. The molecule has 0 spiro atoms. The lowest BCUT2D eigenvalue weighted by Gasteiger charge is -2.18. The van der Waals surface area contributed by atoms with Crippen LogP contribution in [0.3, 0.4) is 0 Å². The van der Waals surface area contributed by atoms with Crippen LogP contribution in [0.15, 0.2) is 29.2 Å². The summed E-state index contributed by atoms with van der Waals surface area (Å²) >= 11 is 1.54. The van der Waals surface area contributed by atoms with Crippen molar-refractivity contribution in [2.75, 3.05) is 19.6 Å². The molecule has 4 heterocycles. The van der Waals surface area contributed by atoms with Crippen LogP contribution < -0.4 is 5.32 Å². The van der Waals surface area contributed by atoms with Gasteiger partial charge in [0.25, 0.3) is 5.91 Å². The van der Waals surface area contributed by atoms with E-state index in [1.165, 1.54) is 16.9 Å². The molecular formula is C19H23F3N4O4S. The van der Waals surface area contributed by atoms with E-state index in [2.05, 4.69) is 21.5 Å². The lowest BCUT2D eigenvalue weighted by molar-refractivity contribution is -0.192. The van der Waals surface area contributed by atoms with E-state index in [9.17, 15) is 18.0 Å². The zero-order chi connectivity index (χ0) is 22.6. The second-order valence-corrected chi connectivity index (χ2v) is 8.31. The van der Waals surface area contributed by atoms with E-state index >= 15 is 0 Å². The van der Waals surface area contributed by atoms with Crippen LogP contribution >= 0.6 is 11.3 Å². The molecule has 2 saturated heterocycles. The van der Waals surface area contributed by atoms with E-state index in [1.807, 2.05) is 34.8 Å². The maximum atomic E-state index is 12.0. The molecule has 2 aliphatic heterocycles. The Labute approximate surface area is 180 Å². The predicted molar refractivity (Wildman–Crippen MR) is 106 cm³/mol. The molecular weight excluding hydrogens is 437 g/mol. The summed E-state index contributed by atoms with van der Waals surface area (Å²) in [6, 6.07) is 1.85. The van der Waals surface area contributed by atoms with Gasteiger partial charge in [0.2, 0.25) is 0 Å². The van der Waals surface area contributed by atoms with Gasteiger partial charge in [-0.2, -0.15) is 29.6 Å². The fourth-order valence-electron chi connectivity index (χ4n) is 3.72. The third kappa shape index (κ3) is 6.52. The van der Waals surface area contributed by atoms with E-state index in [-0.39, 0.29) is 12.0 Å². The molecule has 0 aromatic carbocycles. The van der Waals surface area contributed by atoms with Crippen LogP contribution in [-0.4, -0.2) is 69.7 Å². The number of alkyl halides is 3. The monoisotopic (exact) mass is 460 g/mol. The van der Waals surface area contributed by atoms with Crippen LogP contribution in [0.5, 0.6) is 0 Å². The molecule has 8 nitrogen and oxygen atoms in total. The Morgan fingerprint density at radius 2 is 2.13 bits per heavy atom. The lowest BCUT2D eigenvalue weighted by atomic mass is 10.0. The van der Waals surface area contributed by atoms with Crippen LogP contribution in [0.1, 0.15) is 22.3 Å². The highest BCUT2D eigenvalue weighted by atomic mass is 32.1. The summed E-state index contributed by atoms with van der Waals surface area (Å²) in [5.74, 6) is -2.19. The summed E-state index contributed by atoms with van der Waals surface area (Å²) in [6.07, 6.45) is 0.376. The van der Waals surface area contributed by atoms with Crippen LogP contribution in [-0.2, 0) is 23.1 Å². The smallest absolute Gasteiger partial charge is 0.475 e. The molecule has 12 heteroatoms. The second-order valence-electron chi connectivity index (χ2n) is 7.53. The van der Waals surface area contributed by atoms with Gasteiger partial charge in [-0.25, -0.2) is 4.79 Å². The third-order valence-corrected chi connectivity index (χ3v) is 5.75. The Bertz CT molecular complexity index is 873. The van der Waals surface area contributed by atoms with E-state index < -0.39 is 12.1 Å². The first-order valence-electron chi connectivity index (χ1n) is 9.57. The van der Waals surface area contributed by atoms with Crippen molar-refractivity contribution in [1.82, 2.24) is 20.0 Å². The van der Waals surface area contributed by atoms with Crippen molar-refractivity contribution in [2.45, 2.75) is 31.3 Å². The number of ether oxygens (including phenoxy) is 1. The number of carbonyl (C=O) groups is 2. The number of nitrogens with one attached hydrogen (secondary N) is 1. The molecule has 0 radical (unpaired) electrons. The zero-order valence-corrected chi connectivity index (χ0v) is 17.5. The maximum absolute atomic E-state index is 12.0. The highest BCUT2D eigenvalue weighted by molar-refractivity contribution is 7.08. The molecule has 170 valence electrons. The van der Waals surface area contributed by atoms with E-state index in [1.54, 1.807) is 0 Å². The Balaban J connectivity index is 0.000000339. The van der Waals surface area contributed by atoms with Crippen molar-refractivity contribution in [3.63, 3.8) is 0 Å². The number of halogens is 3. The molecule has 2 aromatic rings. The first-order chi connectivity index (χ1) is 14.6. The number of aryl methyl sites for hydroxylation is 1. The standard InChI is InChI=1S/C17H22N4O2S.C2HF3O2/c1-20-7-12(5-19-20)8-21-9-14-4-15(23-16(14)10-21)6-18-17(22)13-2-3-24-11-13;3-2(4,5)1(6)7/h2-3,5,7,11,14-16H,4,6,8-10H2,1H3,(H,18,22);(H,6,7)/t14-,15-,16+;/m1./s1. The van der Waals surface area contributed by atoms with Gasteiger partial charge in [-0.05, 0) is 17.9 Å². The van der Waals surface area contributed by atoms with Crippen molar-refractivity contribution in [3.05, 3.63) is 40.3 Å². The van der Waals surface area contributed by atoms with Crippen LogP contribution in [0.2, 0.25) is 0 Å². The van der Waals surface area contributed by atoms with Gasteiger partial charge in [-0.3, -0.25) is 14.4 Å². The van der Waals surface area contributed by atoms with Gasteiger partial charge in [0.15, 0.2) is 0 Å². The SMILES string of the molecule is Cn1cc(CN2C[C@H]3C[C@H](CNC(=O)c4ccsc4)O[C@H]3C2)cn1.O=C(O)C(F)(F)F. The second kappa shape index (κ2) is 9.79. The molecule has 2 fully saturated rings. The molecule has 0 aliphatic carbocycles. The average Bonchev–Trinajstić information content (AvgIpc) is 3.44. The summed E-state index contributed by atoms with van der Waals surface area (Å²) in [4.78, 5) is 23.3. The fourth-order valence-corrected chi connectivity index (χ4v) is 4.36. The summed E-state index contributed by atoms with van der Waals surface area (Å²) in [5.41, 5.74) is 1.98. The Hall–Kier alpha value is -2.44. The number of fused-ring (bicyclic) bond motifs is 1. The normalized spacial score (nSPS) is 23.2. The van der Waals surface area contributed by atoms with Gasteiger partial charge in [0.05, 0.1) is 18.4 Å². The van der Waals surface area contributed by atoms with Gasteiger partial charge < -0.3 is 15.2 Å². The number of aromatic nitrogens is 2. The first-order valence-corrected chi connectivity index (χ1v) is 10.5. The summed E-state index contributed by atoms with van der Waals surface area (Å²) in [7, 11) is 1.94. The molecule has 0 bridgehead atoms. The molecule has 2 aliphatic rings. The highest BCUT2D eigenvalue weighted by Gasteiger charge is 2.41. The number of likely N-dealkylation sites (tertiary alicyclic amines) is 1. The zero-order valence-electron chi connectivity index (χ0n) is 16.7. The van der Waals surface area contributed by atoms with Gasteiger partial charge in [-0.1, -0.05) is 0 Å². The molecule has 3 atom stereocenters. The minimum Gasteiger partial charge on any atom is -0.475 e. The molecule has 0 unspecified atom stereocenters. The van der Waals surface area contributed by atoms with E-state index in [4.69, 9.17) is 14.6 Å². The van der Waals surface area contributed by atoms with Crippen LogP contribution in [0.25, 0.3) is 0 Å². The molecule has 31 heavy (non-hydrogen) atoms. The number of rotatable bonds is 5. The van der Waals surface area contributed by atoms with Gasteiger partial charge >= 0.3 is 12.1 Å². The van der Waals surface area contributed by atoms with Crippen molar-refractivity contribution >= 4 is 23.2 Å². The van der Waals surface area contributed by atoms with Crippen LogP contribution in [0, 0.1) is 5.92 Å².